The first-order valence-electron chi connectivity index (χ1n) is 6.50. The number of anilines is 1. The Bertz CT molecular complexity index is 646. The quantitative estimate of drug-likeness (QED) is 0.888. The Morgan fingerprint density at radius 3 is 3.00 bits per heavy atom. The van der Waals surface area contributed by atoms with Gasteiger partial charge >= 0.3 is 0 Å². The molecule has 110 valence electrons. The van der Waals surface area contributed by atoms with Crippen molar-refractivity contribution >= 4 is 11.6 Å². The summed E-state index contributed by atoms with van der Waals surface area (Å²) >= 11 is 0. The zero-order valence-electron chi connectivity index (χ0n) is 11.0. The van der Waals surface area contributed by atoms with E-state index in [1.54, 1.807) is 4.90 Å². The van der Waals surface area contributed by atoms with Gasteiger partial charge in [0, 0.05) is 25.2 Å². The SMILES string of the molecule is O=C(N[C@@H]1CCN(c2ccc(F)cc2F)C1)c1cn[nH]n1. The van der Waals surface area contributed by atoms with E-state index in [1.807, 2.05) is 0 Å². The Morgan fingerprint density at radius 1 is 1.43 bits per heavy atom. The minimum absolute atomic E-state index is 0.112. The van der Waals surface area contributed by atoms with Gasteiger partial charge in [-0.15, -0.1) is 0 Å². The highest BCUT2D eigenvalue weighted by Crippen LogP contribution is 2.24. The van der Waals surface area contributed by atoms with Crippen LogP contribution in [0.15, 0.2) is 24.4 Å². The number of hydrogen-bond donors (Lipinski definition) is 2. The molecule has 0 saturated carbocycles. The van der Waals surface area contributed by atoms with Gasteiger partial charge in [-0.05, 0) is 18.6 Å². The van der Waals surface area contributed by atoms with Crippen LogP contribution in [0, 0.1) is 11.6 Å². The summed E-state index contributed by atoms with van der Waals surface area (Å²) < 4.78 is 26.6. The molecule has 1 atom stereocenters. The first-order valence-corrected chi connectivity index (χ1v) is 6.50. The van der Waals surface area contributed by atoms with Crippen molar-refractivity contribution in [3.63, 3.8) is 0 Å². The molecule has 2 heterocycles. The lowest BCUT2D eigenvalue weighted by atomic mass is 10.2. The smallest absolute Gasteiger partial charge is 0.273 e. The van der Waals surface area contributed by atoms with Crippen molar-refractivity contribution in [1.29, 1.82) is 0 Å². The zero-order valence-corrected chi connectivity index (χ0v) is 11.0. The molecule has 3 rings (SSSR count). The molecule has 0 spiro atoms. The van der Waals surface area contributed by atoms with Gasteiger partial charge in [0.1, 0.15) is 11.6 Å². The van der Waals surface area contributed by atoms with Crippen molar-refractivity contribution in [2.75, 3.05) is 18.0 Å². The average molecular weight is 293 g/mol. The second-order valence-electron chi connectivity index (χ2n) is 4.86. The summed E-state index contributed by atoms with van der Waals surface area (Å²) in [7, 11) is 0. The van der Waals surface area contributed by atoms with E-state index < -0.39 is 11.6 Å². The third-order valence-corrected chi connectivity index (χ3v) is 3.42. The average Bonchev–Trinajstić information content (AvgIpc) is 3.09. The van der Waals surface area contributed by atoms with Crippen molar-refractivity contribution < 1.29 is 13.6 Å². The van der Waals surface area contributed by atoms with Gasteiger partial charge in [0.15, 0.2) is 5.69 Å². The predicted molar refractivity (Wildman–Crippen MR) is 70.8 cm³/mol. The molecule has 1 amide bonds. The van der Waals surface area contributed by atoms with Gasteiger partial charge in [0.05, 0.1) is 11.9 Å². The number of carbonyl (C=O) groups is 1. The van der Waals surface area contributed by atoms with E-state index in [9.17, 15) is 13.6 Å². The monoisotopic (exact) mass is 293 g/mol. The minimum Gasteiger partial charge on any atom is -0.367 e. The highest BCUT2D eigenvalue weighted by molar-refractivity contribution is 5.92. The highest BCUT2D eigenvalue weighted by atomic mass is 19.1. The number of carbonyl (C=O) groups excluding carboxylic acids is 1. The normalized spacial score (nSPS) is 18.0. The number of amides is 1. The van der Waals surface area contributed by atoms with Gasteiger partial charge in [0.25, 0.3) is 5.91 Å². The molecular weight excluding hydrogens is 280 g/mol. The van der Waals surface area contributed by atoms with E-state index in [0.29, 0.717) is 25.2 Å². The second-order valence-corrected chi connectivity index (χ2v) is 4.86. The minimum atomic E-state index is -0.605. The maximum atomic E-state index is 13.7. The van der Waals surface area contributed by atoms with Crippen LogP contribution in [0.2, 0.25) is 0 Å². The van der Waals surface area contributed by atoms with Gasteiger partial charge in [-0.2, -0.15) is 15.4 Å². The third-order valence-electron chi connectivity index (χ3n) is 3.42. The first kappa shape index (κ1) is 13.5. The number of nitrogens with zero attached hydrogens (tertiary/aromatic N) is 3. The Labute approximate surface area is 119 Å². The molecule has 1 aliphatic rings. The summed E-state index contributed by atoms with van der Waals surface area (Å²) in [5.74, 6) is -1.53. The molecule has 1 aliphatic heterocycles. The second kappa shape index (κ2) is 5.47. The summed E-state index contributed by atoms with van der Waals surface area (Å²) in [5.41, 5.74) is 0.552. The molecule has 2 N–H and O–H groups in total. The van der Waals surface area contributed by atoms with Crippen LogP contribution in [0.4, 0.5) is 14.5 Å². The molecule has 0 unspecified atom stereocenters. The molecule has 1 aromatic carbocycles. The van der Waals surface area contributed by atoms with Gasteiger partial charge in [-0.25, -0.2) is 8.78 Å². The Balaban J connectivity index is 1.64. The van der Waals surface area contributed by atoms with Gasteiger partial charge in [-0.3, -0.25) is 4.79 Å². The predicted octanol–water partition coefficient (Wildman–Crippen LogP) is 1.09. The highest BCUT2D eigenvalue weighted by Gasteiger charge is 2.26. The number of rotatable bonds is 3. The molecule has 0 bridgehead atoms. The summed E-state index contributed by atoms with van der Waals surface area (Å²) in [6.45, 7) is 1.05. The maximum absolute atomic E-state index is 13.7. The molecular formula is C13H13F2N5O. The lowest BCUT2D eigenvalue weighted by Crippen LogP contribution is -2.37. The number of halogens is 2. The number of nitrogens with one attached hydrogen (secondary N) is 2. The number of hydrogen-bond acceptors (Lipinski definition) is 4. The fourth-order valence-corrected chi connectivity index (χ4v) is 2.40. The molecule has 8 heteroatoms. The lowest BCUT2D eigenvalue weighted by molar-refractivity contribution is 0.0935. The summed E-state index contributed by atoms with van der Waals surface area (Å²) in [5, 5.41) is 12.4. The van der Waals surface area contributed by atoms with Crippen LogP contribution in [-0.2, 0) is 0 Å². The van der Waals surface area contributed by atoms with Gasteiger partial charge < -0.3 is 10.2 Å². The van der Waals surface area contributed by atoms with Crippen LogP contribution in [0.3, 0.4) is 0 Å². The molecule has 6 nitrogen and oxygen atoms in total. The number of aromatic amines is 1. The number of H-pyrrole nitrogens is 1. The van der Waals surface area contributed by atoms with E-state index in [1.165, 1.54) is 18.3 Å². The van der Waals surface area contributed by atoms with E-state index >= 15 is 0 Å². The molecule has 0 radical (unpaired) electrons. The fourth-order valence-electron chi connectivity index (χ4n) is 2.40. The Kier molecular flexibility index (Phi) is 3.51. The van der Waals surface area contributed by atoms with Crippen LogP contribution in [0.5, 0.6) is 0 Å². The standard InChI is InChI=1S/C13H13F2N5O/c14-8-1-2-12(10(15)5-8)20-4-3-9(7-20)17-13(21)11-6-16-19-18-11/h1-2,5-6,9H,3-4,7H2,(H,17,21)(H,16,18,19)/t9-/m1/s1. The molecule has 1 aromatic heterocycles. The largest absolute Gasteiger partial charge is 0.367 e. The van der Waals surface area contributed by atoms with Crippen molar-refractivity contribution in [1.82, 2.24) is 20.7 Å². The van der Waals surface area contributed by atoms with E-state index in [4.69, 9.17) is 0 Å². The van der Waals surface area contributed by atoms with Crippen molar-refractivity contribution in [2.24, 2.45) is 0 Å². The van der Waals surface area contributed by atoms with Crippen LogP contribution >= 0.6 is 0 Å². The van der Waals surface area contributed by atoms with Crippen molar-refractivity contribution in [3.05, 3.63) is 41.7 Å². The fraction of sp³-hybridized carbons (Fsp3) is 0.308. The molecule has 2 aromatic rings. The van der Waals surface area contributed by atoms with Crippen molar-refractivity contribution in [2.45, 2.75) is 12.5 Å². The summed E-state index contributed by atoms with van der Waals surface area (Å²) in [6, 6.07) is 3.38. The van der Waals surface area contributed by atoms with Gasteiger partial charge in [0.2, 0.25) is 0 Å². The van der Waals surface area contributed by atoms with E-state index in [2.05, 4.69) is 20.7 Å². The topological polar surface area (TPSA) is 73.9 Å². The van der Waals surface area contributed by atoms with E-state index in [0.717, 1.165) is 6.07 Å². The van der Waals surface area contributed by atoms with Crippen molar-refractivity contribution in [3.8, 4) is 0 Å². The maximum Gasteiger partial charge on any atom is 0.273 e. The third kappa shape index (κ3) is 2.83. The molecule has 0 aliphatic carbocycles. The lowest BCUT2D eigenvalue weighted by Gasteiger charge is -2.19. The van der Waals surface area contributed by atoms with E-state index in [-0.39, 0.29) is 17.6 Å². The first-order chi connectivity index (χ1) is 10.1. The summed E-state index contributed by atoms with van der Waals surface area (Å²) in [6.07, 6.45) is 2.02. The molecule has 21 heavy (non-hydrogen) atoms. The zero-order chi connectivity index (χ0) is 14.8. The van der Waals surface area contributed by atoms with Gasteiger partial charge in [-0.1, -0.05) is 0 Å². The van der Waals surface area contributed by atoms with Crippen LogP contribution in [-0.4, -0.2) is 40.4 Å². The Morgan fingerprint density at radius 2 is 2.29 bits per heavy atom. The number of aromatic nitrogens is 3. The van der Waals surface area contributed by atoms with Crippen LogP contribution in [0.1, 0.15) is 16.9 Å². The number of benzene rings is 1. The van der Waals surface area contributed by atoms with Crippen LogP contribution in [0.25, 0.3) is 0 Å². The molecule has 1 fully saturated rings. The summed E-state index contributed by atoms with van der Waals surface area (Å²) in [4.78, 5) is 13.6. The van der Waals surface area contributed by atoms with Crippen LogP contribution < -0.4 is 10.2 Å². The Hall–Kier alpha value is -2.51. The molecule has 1 saturated heterocycles.